The van der Waals surface area contributed by atoms with Gasteiger partial charge in [-0.1, -0.05) is 6.92 Å². The summed E-state index contributed by atoms with van der Waals surface area (Å²) >= 11 is 0. The van der Waals surface area contributed by atoms with Gasteiger partial charge in [-0.3, -0.25) is 9.67 Å². The molecule has 1 aromatic carbocycles. The molecular weight excluding hydrogens is 252 g/mol. The second-order valence-corrected chi connectivity index (χ2v) is 4.59. The summed E-state index contributed by atoms with van der Waals surface area (Å²) in [4.78, 5) is 4.29. The summed E-state index contributed by atoms with van der Waals surface area (Å²) in [6, 6.07) is 7.48. The normalized spacial score (nSPS) is 10.8. The van der Waals surface area contributed by atoms with Crippen molar-refractivity contribution in [2.24, 2.45) is 0 Å². The van der Waals surface area contributed by atoms with E-state index in [0.29, 0.717) is 11.4 Å². The first-order chi connectivity index (χ1) is 9.78. The summed E-state index contributed by atoms with van der Waals surface area (Å²) in [6.45, 7) is 2.99. The Kier molecular flexibility index (Phi) is 3.25. The number of anilines is 1. The summed E-state index contributed by atoms with van der Waals surface area (Å²) < 4.78 is 7.76. The number of fused-ring (bicyclic) bond motifs is 1. The number of nitrogen functional groups attached to an aromatic ring is 1. The average molecular weight is 268 g/mol. The number of hydrogen-bond acceptors (Lipinski definition) is 4. The molecule has 3 aromatic rings. The van der Waals surface area contributed by atoms with E-state index in [1.807, 2.05) is 29.1 Å². The van der Waals surface area contributed by atoms with Gasteiger partial charge >= 0.3 is 0 Å². The summed E-state index contributed by atoms with van der Waals surface area (Å²) in [6.07, 6.45) is 6.37. The van der Waals surface area contributed by atoms with Crippen LogP contribution in [0.2, 0.25) is 0 Å². The Bertz CT molecular complexity index is 736. The number of aryl methyl sites for hydroxylation is 1. The molecule has 0 bridgehead atoms. The topological polar surface area (TPSA) is 66.0 Å². The van der Waals surface area contributed by atoms with Crippen LogP contribution in [0.5, 0.6) is 11.5 Å². The van der Waals surface area contributed by atoms with Crippen LogP contribution in [0.1, 0.15) is 13.3 Å². The van der Waals surface area contributed by atoms with Crippen LogP contribution in [0.25, 0.3) is 10.9 Å². The van der Waals surface area contributed by atoms with Crippen molar-refractivity contribution >= 4 is 16.6 Å². The minimum atomic E-state index is 0.648. The maximum absolute atomic E-state index is 5.93. The fourth-order valence-corrected chi connectivity index (χ4v) is 2.13. The zero-order chi connectivity index (χ0) is 13.9. The molecule has 0 radical (unpaired) electrons. The standard InChI is InChI=1S/C15H16N4O/c1-2-8-19-10-11(9-18-19)20-14-6-5-13(16)15-12(14)4-3-7-17-15/h3-7,9-10H,2,8,16H2,1H3. The predicted octanol–water partition coefficient (Wildman–Crippen LogP) is 3.22. The molecule has 2 N–H and O–H groups in total. The second-order valence-electron chi connectivity index (χ2n) is 4.59. The van der Waals surface area contributed by atoms with E-state index < -0.39 is 0 Å². The Hall–Kier alpha value is -2.56. The van der Waals surface area contributed by atoms with Gasteiger partial charge in [0.1, 0.15) is 5.75 Å². The van der Waals surface area contributed by atoms with E-state index in [1.165, 1.54) is 0 Å². The van der Waals surface area contributed by atoms with Gasteiger partial charge in [-0.05, 0) is 30.7 Å². The molecule has 2 heterocycles. The lowest BCUT2D eigenvalue weighted by molar-refractivity contribution is 0.486. The number of nitrogens with two attached hydrogens (primary N) is 1. The highest BCUT2D eigenvalue weighted by atomic mass is 16.5. The summed E-state index contributed by atoms with van der Waals surface area (Å²) in [5, 5.41) is 5.15. The SMILES string of the molecule is CCCn1cc(Oc2ccc(N)c3ncccc23)cn1. The van der Waals surface area contributed by atoms with E-state index in [4.69, 9.17) is 10.5 Å². The molecule has 3 rings (SSSR count). The second kappa shape index (κ2) is 5.21. The van der Waals surface area contributed by atoms with E-state index in [-0.39, 0.29) is 0 Å². The van der Waals surface area contributed by atoms with Gasteiger partial charge in [0.05, 0.1) is 23.6 Å². The predicted molar refractivity (Wildman–Crippen MR) is 78.7 cm³/mol. The van der Waals surface area contributed by atoms with Crippen LogP contribution in [0, 0.1) is 0 Å². The van der Waals surface area contributed by atoms with Gasteiger partial charge in [0.25, 0.3) is 0 Å². The Morgan fingerprint density at radius 1 is 1.30 bits per heavy atom. The monoisotopic (exact) mass is 268 g/mol. The molecule has 2 aromatic heterocycles. The third-order valence-corrected chi connectivity index (χ3v) is 3.05. The van der Waals surface area contributed by atoms with Gasteiger partial charge in [-0.25, -0.2) is 0 Å². The van der Waals surface area contributed by atoms with Crippen molar-refractivity contribution in [1.82, 2.24) is 14.8 Å². The van der Waals surface area contributed by atoms with Crippen molar-refractivity contribution in [1.29, 1.82) is 0 Å². The van der Waals surface area contributed by atoms with E-state index in [0.717, 1.165) is 29.6 Å². The van der Waals surface area contributed by atoms with Gasteiger partial charge in [-0.15, -0.1) is 0 Å². The van der Waals surface area contributed by atoms with E-state index in [1.54, 1.807) is 18.5 Å². The largest absolute Gasteiger partial charge is 0.453 e. The third kappa shape index (κ3) is 2.30. The highest BCUT2D eigenvalue weighted by molar-refractivity contribution is 5.93. The molecule has 0 unspecified atom stereocenters. The Labute approximate surface area is 117 Å². The lowest BCUT2D eigenvalue weighted by atomic mass is 10.2. The number of nitrogens with zero attached hydrogens (tertiary/aromatic N) is 3. The number of hydrogen-bond donors (Lipinski definition) is 1. The minimum absolute atomic E-state index is 0.648. The van der Waals surface area contributed by atoms with Crippen molar-refractivity contribution in [3.8, 4) is 11.5 Å². The van der Waals surface area contributed by atoms with Crippen LogP contribution in [-0.2, 0) is 6.54 Å². The number of pyridine rings is 1. The smallest absolute Gasteiger partial charge is 0.165 e. The van der Waals surface area contributed by atoms with Crippen molar-refractivity contribution in [2.75, 3.05) is 5.73 Å². The Balaban J connectivity index is 1.96. The number of rotatable bonds is 4. The van der Waals surface area contributed by atoms with Crippen LogP contribution >= 0.6 is 0 Å². The van der Waals surface area contributed by atoms with Crippen molar-refractivity contribution in [3.05, 3.63) is 42.9 Å². The van der Waals surface area contributed by atoms with E-state index in [9.17, 15) is 0 Å². The van der Waals surface area contributed by atoms with Crippen LogP contribution in [0.3, 0.4) is 0 Å². The molecule has 0 amide bonds. The first kappa shape index (κ1) is 12.5. The fourth-order valence-electron chi connectivity index (χ4n) is 2.13. The molecule has 5 nitrogen and oxygen atoms in total. The molecular formula is C15H16N4O. The summed E-state index contributed by atoms with van der Waals surface area (Å²) in [5.41, 5.74) is 7.33. The van der Waals surface area contributed by atoms with Gasteiger partial charge in [0, 0.05) is 18.1 Å². The van der Waals surface area contributed by atoms with E-state index in [2.05, 4.69) is 17.0 Å². The maximum Gasteiger partial charge on any atom is 0.165 e. The molecule has 102 valence electrons. The number of aromatic nitrogens is 3. The third-order valence-electron chi connectivity index (χ3n) is 3.05. The van der Waals surface area contributed by atoms with Gasteiger partial charge < -0.3 is 10.5 Å². The lowest BCUT2D eigenvalue weighted by Gasteiger charge is -2.08. The molecule has 20 heavy (non-hydrogen) atoms. The lowest BCUT2D eigenvalue weighted by Crippen LogP contribution is -1.95. The first-order valence-corrected chi connectivity index (χ1v) is 6.61. The highest BCUT2D eigenvalue weighted by Crippen LogP contribution is 2.31. The molecule has 0 fully saturated rings. The molecule has 5 heteroatoms. The molecule has 0 aliphatic carbocycles. The zero-order valence-corrected chi connectivity index (χ0v) is 11.3. The highest BCUT2D eigenvalue weighted by Gasteiger charge is 2.08. The molecule has 0 spiro atoms. The molecule has 0 aliphatic heterocycles. The van der Waals surface area contributed by atoms with Gasteiger partial charge in [0.15, 0.2) is 5.75 Å². The number of ether oxygens (including phenoxy) is 1. The van der Waals surface area contributed by atoms with Crippen LogP contribution in [-0.4, -0.2) is 14.8 Å². The Morgan fingerprint density at radius 3 is 3.05 bits per heavy atom. The molecule has 0 aliphatic rings. The Morgan fingerprint density at radius 2 is 2.20 bits per heavy atom. The quantitative estimate of drug-likeness (QED) is 0.738. The summed E-state index contributed by atoms with van der Waals surface area (Å²) in [7, 11) is 0. The van der Waals surface area contributed by atoms with Crippen LogP contribution in [0.4, 0.5) is 5.69 Å². The average Bonchev–Trinajstić information content (AvgIpc) is 2.90. The fraction of sp³-hybridized carbons (Fsp3) is 0.200. The first-order valence-electron chi connectivity index (χ1n) is 6.61. The van der Waals surface area contributed by atoms with Crippen molar-refractivity contribution in [2.45, 2.75) is 19.9 Å². The van der Waals surface area contributed by atoms with Crippen molar-refractivity contribution in [3.63, 3.8) is 0 Å². The maximum atomic E-state index is 5.93. The number of benzene rings is 1. The van der Waals surface area contributed by atoms with Gasteiger partial charge in [0.2, 0.25) is 0 Å². The van der Waals surface area contributed by atoms with Crippen molar-refractivity contribution < 1.29 is 4.74 Å². The van der Waals surface area contributed by atoms with E-state index >= 15 is 0 Å². The van der Waals surface area contributed by atoms with Crippen LogP contribution < -0.4 is 10.5 Å². The molecule has 0 saturated heterocycles. The summed E-state index contributed by atoms with van der Waals surface area (Å²) in [5.74, 6) is 1.45. The molecule has 0 atom stereocenters. The van der Waals surface area contributed by atoms with Crippen LogP contribution in [0.15, 0.2) is 42.9 Å². The molecule has 0 saturated carbocycles. The zero-order valence-electron chi connectivity index (χ0n) is 11.3. The minimum Gasteiger partial charge on any atom is -0.453 e. The van der Waals surface area contributed by atoms with Gasteiger partial charge in [-0.2, -0.15) is 5.10 Å².